The van der Waals surface area contributed by atoms with E-state index in [0.717, 1.165) is 11.4 Å². The Morgan fingerprint density at radius 1 is 1.75 bits per heavy atom. The molecular formula is C8H13N3O. The normalized spacial score (nSPS) is 10.9. The van der Waals surface area contributed by atoms with E-state index in [1.54, 1.807) is 24.1 Å². The lowest BCUT2D eigenvalue weighted by atomic mass is 10.4. The third-order valence-corrected chi connectivity index (χ3v) is 1.46. The summed E-state index contributed by atoms with van der Waals surface area (Å²) in [6.07, 6.45) is 3.47. The molecule has 0 aliphatic carbocycles. The maximum absolute atomic E-state index is 5.37. The molecule has 0 bridgehead atoms. The summed E-state index contributed by atoms with van der Waals surface area (Å²) in [5, 5.41) is 4.05. The summed E-state index contributed by atoms with van der Waals surface area (Å²) >= 11 is 0. The Hall–Kier alpha value is -1.32. The van der Waals surface area contributed by atoms with Gasteiger partial charge in [0.15, 0.2) is 0 Å². The topological polar surface area (TPSA) is 39.4 Å². The molecule has 0 radical (unpaired) electrons. The van der Waals surface area contributed by atoms with E-state index in [9.17, 15) is 0 Å². The van der Waals surface area contributed by atoms with Gasteiger partial charge < -0.3 is 4.74 Å². The van der Waals surface area contributed by atoms with Gasteiger partial charge in [-0.1, -0.05) is 0 Å². The Morgan fingerprint density at radius 3 is 3.08 bits per heavy atom. The van der Waals surface area contributed by atoms with Crippen LogP contribution in [0.3, 0.4) is 0 Å². The van der Waals surface area contributed by atoms with E-state index in [4.69, 9.17) is 4.74 Å². The van der Waals surface area contributed by atoms with Crippen LogP contribution in [0.1, 0.15) is 12.5 Å². The SMILES string of the molecule is CCOc1c(/C=N\C)cnn1C. The molecule has 1 heterocycles. The Kier molecular flexibility index (Phi) is 2.85. The number of hydrogen-bond donors (Lipinski definition) is 0. The van der Waals surface area contributed by atoms with Gasteiger partial charge in [0.1, 0.15) is 0 Å². The van der Waals surface area contributed by atoms with Gasteiger partial charge in [0.2, 0.25) is 5.88 Å². The van der Waals surface area contributed by atoms with Crippen molar-refractivity contribution >= 4 is 6.21 Å². The highest BCUT2D eigenvalue weighted by atomic mass is 16.5. The minimum Gasteiger partial charge on any atom is -0.478 e. The molecule has 0 amide bonds. The average Bonchev–Trinajstić information content (AvgIpc) is 2.37. The van der Waals surface area contributed by atoms with Crippen molar-refractivity contribution in [2.75, 3.05) is 13.7 Å². The van der Waals surface area contributed by atoms with Crippen LogP contribution in [-0.4, -0.2) is 29.6 Å². The van der Waals surface area contributed by atoms with Gasteiger partial charge in [-0.2, -0.15) is 5.10 Å². The molecule has 0 N–H and O–H groups in total. The predicted molar refractivity (Wildman–Crippen MR) is 47.9 cm³/mol. The van der Waals surface area contributed by atoms with Gasteiger partial charge in [-0.05, 0) is 6.92 Å². The number of hydrogen-bond acceptors (Lipinski definition) is 3. The summed E-state index contributed by atoms with van der Waals surface area (Å²) in [6, 6.07) is 0. The first-order valence-electron chi connectivity index (χ1n) is 3.86. The summed E-state index contributed by atoms with van der Waals surface area (Å²) in [5.74, 6) is 0.767. The molecule has 1 rings (SSSR count). The van der Waals surface area contributed by atoms with Gasteiger partial charge in [-0.15, -0.1) is 0 Å². The molecule has 0 atom stereocenters. The molecule has 4 heteroatoms. The fraction of sp³-hybridized carbons (Fsp3) is 0.500. The molecule has 0 saturated carbocycles. The van der Waals surface area contributed by atoms with Crippen molar-refractivity contribution < 1.29 is 4.74 Å². The van der Waals surface area contributed by atoms with Crippen LogP contribution in [0.15, 0.2) is 11.2 Å². The quantitative estimate of drug-likeness (QED) is 0.626. The Bertz CT molecular complexity index is 278. The number of aromatic nitrogens is 2. The zero-order valence-corrected chi connectivity index (χ0v) is 7.61. The summed E-state index contributed by atoms with van der Waals surface area (Å²) in [7, 11) is 3.57. The van der Waals surface area contributed by atoms with Crippen molar-refractivity contribution in [1.82, 2.24) is 9.78 Å². The van der Waals surface area contributed by atoms with Gasteiger partial charge in [0.25, 0.3) is 0 Å². The Labute approximate surface area is 71.9 Å². The lowest BCUT2D eigenvalue weighted by Crippen LogP contribution is -2.00. The lowest BCUT2D eigenvalue weighted by molar-refractivity contribution is 0.309. The molecule has 0 fully saturated rings. The van der Waals surface area contributed by atoms with E-state index in [2.05, 4.69) is 10.1 Å². The van der Waals surface area contributed by atoms with E-state index in [-0.39, 0.29) is 0 Å². The Balaban J connectivity index is 2.95. The maximum Gasteiger partial charge on any atom is 0.220 e. The number of rotatable bonds is 3. The van der Waals surface area contributed by atoms with Crippen molar-refractivity contribution in [1.29, 1.82) is 0 Å². The Morgan fingerprint density at radius 2 is 2.50 bits per heavy atom. The fourth-order valence-electron chi connectivity index (χ4n) is 0.984. The second-order valence-corrected chi connectivity index (χ2v) is 2.35. The van der Waals surface area contributed by atoms with Crippen molar-refractivity contribution in [2.45, 2.75) is 6.92 Å². The second kappa shape index (κ2) is 3.90. The van der Waals surface area contributed by atoms with Crippen LogP contribution in [0, 0.1) is 0 Å². The average molecular weight is 167 g/mol. The number of aliphatic imine (C=N–C) groups is 1. The lowest BCUT2D eigenvalue weighted by Gasteiger charge is -2.02. The molecule has 0 unspecified atom stereocenters. The monoisotopic (exact) mass is 167 g/mol. The molecule has 66 valence electrons. The third kappa shape index (κ3) is 1.64. The van der Waals surface area contributed by atoms with Crippen LogP contribution in [-0.2, 0) is 7.05 Å². The zero-order valence-electron chi connectivity index (χ0n) is 7.61. The number of aryl methyl sites for hydroxylation is 1. The molecule has 1 aromatic rings. The van der Waals surface area contributed by atoms with Crippen LogP contribution in [0.2, 0.25) is 0 Å². The minimum absolute atomic E-state index is 0.643. The molecular weight excluding hydrogens is 154 g/mol. The minimum atomic E-state index is 0.643. The van der Waals surface area contributed by atoms with Crippen LogP contribution >= 0.6 is 0 Å². The van der Waals surface area contributed by atoms with Gasteiger partial charge in [0.05, 0.1) is 18.4 Å². The molecule has 0 aliphatic rings. The first-order valence-corrected chi connectivity index (χ1v) is 3.86. The maximum atomic E-state index is 5.37. The molecule has 12 heavy (non-hydrogen) atoms. The molecule has 4 nitrogen and oxygen atoms in total. The summed E-state index contributed by atoms with van der Waals surface area (Å²) < 4.78 is 7.06. The standard InChI is InChI=1S/C8H13N3O/c1-4-12-8-7(5-9-2)6-10-11(8)3/h5-6H,4H2,1-3H3/b9-5-. The summed E-state index contributed by atoms with van der Waals surface area (Å²) in [5.41, 5.74) is 0.918. The van der Waals surface area contributed by atoms with E-state index < -0.39 is 0 Å². The predicted octanol–water partition coefficient (Wildman–Crippen LogP) is 0.868. The largest absolute Gasteiger partial charge is 0.478 e. The first-order chi connectivity index (χ1) is 5.79. The molecule has 0 saturated heterocycles. The van der Waals surface area contributed by atoms with Crippen molar-refractivity contribution in [3.8, 4) is 5.88 Å². The van der Waals surface area contributed by atoms with Crippen molar-refractivity contribution in [3.63, 3.8) is 0 Å². The van der Waals surface area contributed by atoms with E-state index >= 15 is 0 Å². The highest BCUT2D eigenvalue weighted by Gasteiger charge is 2.05. The van der Waals surface area contributed by atoms with Crippen molar-refractivity contribution in [2.24, 2.45) is 12.0 Å². The van der Waals surface area contributed by atoms with Crippen LogP contribution < -0.4 is 4.74 Å². The molecule has 1 aromatic heterocycles. The first kappa shape index (κ1) is 8.77. The van der Waals surface area contributed by atoms with Gasteiger partial charge >= 0.3 is 0 Å². The third-order valence-electron chi connectivity index (χ3n) is 1.46. The fourth-order valence-corrected chi connectivity index (χ4v) is 0.984. The van der Waals surface area contributed by atoms with Crippen molar-refractivity contribution in [3.05, 3.63) is 11.8 Å². The van der Waals surface area contributed by atoms with Crippen LogP contribution in [0.25, 0.3) is 0 Å². The number of nitrogens with zero attached hydrogens (tertiary/aromatic N) is 3. The zero-order chi connectivity index (χ0) is 8.97. The smallest absolute Gasteiger partial charge is 0.220 e. The van der Waals surface area contributed by atoms with Gasteiger partial charge in [0, 0.05) is 20.3 Å². The summed E-state index contributed by atoms with van der Waals surface area (Å²) in [6.45, 7) is 2.59. The van der Waals surface area contributed by atoms with Crippen LogP contribution in [0.5, 0.6) is 5.88 Å². The highest BCUT2D eigenvalue weighted by Crippen LogP contribution is 2.14. The highest BCUT2D eigenvalue weighted by molar-refractivity contribution is 5.82. The van der Waals surface area contributed by atoms with E-state index in [1.807, 2.05) is 14.0 Å². The van der Waals surface area contributed by atoms with Gasteiger partial charge in [-0.25, -0.2) is 4.68 Å². The molecule has 0 aromatic carbocycles. The molecule has 0 aliphatic heterocycles. The second-order valence-electron chi connectivity index (χ2n) is 2.35. The molecule has 0 spiro atoms. The number of ether oxygens (including phenoxy) is 1. The summed E-state index contributed by atoms with van der Waals surface area (Å²) in [4.78, 5) is 3.90. The van der Waals surface area contributed by atoms with E-state index in [1.165, 1.54) is 0 Å². The van der Waals surface area contributed by atoms with E-state index in [0.29, 0.717) is 6.61 Å². The van der Waals surface area contributed by atoms with Gasteiger partial charge in [-0.3, -0.25) is 4.99 Å². The van der Waals surface area contributed by atoms with Crippen LogP contribution in [0.4, 0.5) is 0 Å².